The van der Waals surface area contributed by atoms with E-state index in [2.05, 4.69) is 21.2 Å². The van der Waals surface area contributed by atoms with Crippen LogP contribution in [-0.4, -0.2) is 41.3 Å². The second-order valence-corrected chi connectivity index (χ2v) is 13.0. The predicted octanol–water partition coefficient (Wildman–Crippen LogP) is 6.18. The van der Waals surface area contributed by atoms with E-state index < -0.39 is 52.6 Å². The quantitative estimate of drug-likeness (QED) is 0.245. The van der Waals surface area contributed by atoms with Crippen molar-refractivity contribution in [2.24, 2.45) is 5.92 Å². The van der Waals surface area contributed by atoms with Gasteiger partial charge in [-0.05, 0) is 71.2 Å². The Hall–Kier alpha value is -3.66. The predicted molar refractivity (Wildman–Crippen MR) is 156 cm³/mol. The number of amides is 3. The minimum absolute atomic E-state index is 0.00706. The van der Waals surface area contributed by atoms with Crippen LogP contribution in [-0.2, 0) is 35.8 Å². The van der Waals surface area contributed by atoms with E-state index in [1.165, 1.54) is 0 Å². The van der Waals surface area contributed by atoms with E-state index in [-0.39, 0.29) is 18.7 Å². The first-order valence-electron chi connectivity index (χ1n) is 13.4. The Kier molecular flexibility index (Phi) is 8.36. The Morgan fingerprint density at radius 2 is 1.66 bits per heavy atom. The molecule has 41 heavy (non-hydrogen) atoms. The van der Waals surface area contributed by atoms with Gasteiger partial charge in [0.2, 0.25) is 0 Å². The van der Waals surface area contributed by atoms with Gasteiger partial charge in [0.1, 0.15) is 23.2 Å². The van der Waals surface area contributed by atoms with E-state index >= 15 is 0 Å². The van der Waals surface area contributed by atoms with E-state index in [0.717, 1.165) is 10.5 Å². The molecule has 0 radical (unpaired) electrons. The molecule has 0 bridgehead atoms. The molecule has 0 saturated heterocycles. The number of imide groups is 1. The molecule has 2 aromatic rings. The van der Waals surface area contributed by atoms with Crippen LogP contribution in [0.2, 0.25) is 0 Å². The fourth-order valence-electron chi connectivity index (χ4n) is 5.19. The number of hydrogen-bond acceptors (Lipinski definition) is 7. The SMILES string of the molecule is CC(C)(C)OC(=O)[C@@H]1CC=C[C@@H](NC(=O)OCc2ccccc2)[C@@]12C(=O)N(C(=O)OC(C)(C)C)c1cc(Br)ccc12. The van der Waals surface area contributed by atoms with Crippen molar-refractivity contribution < 1.29 is 33.4 Å². The number of halogens is 1. The molecule has 10 heteroatoms. The summed E-state index contributed by atoms with van der Waals surface area (Å²) in [5.74, 6) is -2.39. The van der Waals surface area contributed by atoms with Crippen LogP contribution in [0.4, 0.5) is 15.3 Å². The molecule has 1 aliphatic heterocycles. The normalized spacial score (nSPS) is 21.8. The fourth-order valence-corrected chi connectivity index (χ4v) is 5.54. The third-order valence-electron chi connectivity index (χ3n) is 6.70. The van der Waals surface area contributed by atoms with E-state index in [1.807, 2.05) is 30.3 Å². The van der Waals surface area contributed by atoms with Gasteiger partial charge in [0, 0.05) is 4.47 Å². The number of nitrogens with one attached hydrogen (secondary N) is 1. The Labute approximate surface area is 248 Å². The summed E-state index contributed by atoms with van der Waals surface area (Å²) in [6, 6.07) is 13.1. The topological polar surface area (TPSA) is 111 Å². The highest BCUT2D eigenvalue weighted by atomic mass is 79.9. The Morgan fingerprint density at radius 1 is 1.00 bits per heavy atom. The summed E-state index contributed by atoms with van der Waals surface area (Å²) in [5.41, 5.74) is -2.01. The number of nitrogens with zero attached hydrogens (tertiary/aromatic N) is 1. The first kappa shape index (κ1) is 30.3. The maximum atomic E-state index is 14.6. The number of carbonyl (C=O) groups excluding carboxylic acids is 4. The molecule has 1 aliphatic carbocycles. The lowest BCUT2D eigenvalue weighted by atomic mass is 9.62. The lowest BCUT2D eigenvalue weighted by Crippen LogP contribution is -2.62. The van der Waals surface area contributed by atoms with Gasteiger partial charge < -0.3 is 19.5 Å². The minimum Gasteiger partial charge on any atom is -0.460 e. The van der Waals surface area contributed by atoms with Crippen LogP contribution in [0.15, 0.2) is 65.2 Å². The van der Waals surface area contributed by atoms with E-state index in [0.29, 0.717) is 10.0 Å². The van der Waals surface area contributed by atoms with E-state index in [9.17, 15) is 19.2 Å². The van der Waals surface area contributed by atoms with Crippen molar-refractivity contribution in [2.45, 2.75) is 77.2 Å². The van der Waals surface area contributed by atoms with Gasteiger partial charge in [-0.2, -0.15) is 0 Å². The van der Waals surface area contributed by atoms with Crippen LogP contribution in [0, 0.1) is 5.92 Å². The molecule has 218 valence electrons. The third kappa shape index (κ3) is 6.32. The van der Waals surface area contributed by atoms with Gasteiger partial charge >= 0.3 is 18.2 Å². The number of hydrogen-bond donors (Lipinski definition) is 1. The van der Waals surface area contributed by atoms with Crippen molar-refractivity contribution in [1.82, 2.24) is 5.32 Å². The number of allylic oxidation sites excluding steroid dienone is 1. The van der Waals surface area contributed by atoms with Crippen molar-refractivity contribution in [3.63, 3.8) is 0 Å². The van der Waals surface area contributed by atoms with Crippen LogP contribution in [0.3, 0.4) is 0 Å². The molecule has 1 heterocycles. The van der Waals surface area contributed by atoms with Gasteiger partial charge in [-0.15, -0.1) is 0 Å². The van der Waals surface area contributed by atoms with Crippen molar-refractivity contribution in [3.8, 4) is 0 Å². The maximum absolute atomic E-state index is 14.6. The average molecular weight is 628 g/mol. The van der Waals surface area contributed by atoms with Crippen molar-refractivity contribution in [1.29, 1.82) is 0 Å². The molecular formula is C31H35BrN2O7. The molecule has 2 aliphatic rings. The molecule has 4 rings (SSSR count). The molecule has 9 nitrogen and oxygen atoms in total. The highest BCUT2D eigenvalue weighted by molar-refractivity contribution is 9.10. The summed E-state index contributed by atoms with van der Waals surface area (Å²) < 4.78 is 17.5. The molecule has 1 spiro atoms. The Morgan fingerprint density at radius 3 is 2.29 bits per heavy atom. The molecule has 2 aromatic carbocycles. The van der Waals surface area contributed by atoms with Gasteiger partial charge in [0.25, 0.3) is 5.91 Å². The highest BCUT2D eigenvalue weighted by Gasteiger charge is 2.65. The third-order valence-corrected chi connectivity index (χ3v) is 7.19. The zero-order valence-corrected chi connectivity index (χ0v) is 25.6. The summed E-state index contributed by atoms with van der Waals surface area (Å²) >= 11 is 3.43. The van der Waals surface area contributed by atoms with Crippen LogP contribution in [0.25, 0.3) is 0 Å². The Balaban J connectivity index is 1.81. The van der Waals surface area contributed by atoms with Crippen LogP contribution in [0.5, 0.6) is 0 Å². The second-order valence-electron chi connectivity index (χ2n) is 12.1. The summed E-state index contributed by atoms with van der Waals surface area (Å²) in [7, 11) is 0. The molecule has 3 amide bonds. The lowest BCUT2D eigenvalue weighted by molar-refractivity contribution is -0.165. The number of ether oxygens (including phenoxy) is 3. The summed E-state index contributed by atoms with van der Waals surface area (Å²) in [6.45, 7) is 10.3. The van der Waals surface area contributed by atoms with Crippen molar-refractivity contribution in [3.05, 3.63) is 76.3 Å². The fraction of sp³-hybridized carbons (Fsp3) is 0.419. The molecule has 3 atom stereocenters. The van der Waals surface area contributed by atoms with Gasteiger partial charge in [0.15, 0.2) is 0 Å². The molecule has 0 saturated carbocycles. The number of rotatable bonds is 4. The Bertz CT molecular complexity index is 1380. The maximum Gasteiger partial charge on any atom is 0.421 e. The highest BCUT2D eigenvalue weighted by Crippen LogP contribution is 2.53. The minimum atomic E-state index is -1.71. The molecule has 1 N–H and O–H groups in total. The standard InChI is InChI=1S/C31H35BrN2O7/c1-29(2,3)40-25(35)22-13-10-14-24(33-27(37)39-18-19-11-8-7-9-12-19)31(22)21-16-15-20(32)17-23(21)34(26(31)36)28(38)41-30(4,5)6/h7-12,14-17,22,24H,13,18H2,1-6H3,(H,33,37)/t22-,24+,31-/m0/s1. The number of anilines is 1. The molecule has 0 fully saturated rings. The lowest BCUT2D eigenvalue weighted by Gasteiger charge is -2.43. The summed E-state index contributed by atoms with van der Waals surface area (Å²) in [4.78, 5) is 55.9. The monoisotopic (exact) mass is 626 g/mol. The number of fused-ring (bicyclic) bond motifs is 2. The van der Waals surface area contributed by atoms with Crippen molar-refractivity contribution >= 4 is 45.7 Å². The zero-order chi connectivity index (χ0) is 30.2. The first-order valence-corrected chi connectivity index (χ1v) is 14.2. The van der Waals surface area contributed by atoms with Crippen LogP contribution < -0.4 is 10.2 Å². The van der Waals surface area contributed by atoms with Crippen LogP contribution in [0.1, 0.15) is 59.1 Å². The number of alkyl carbamates (subject to hydrolysis) is 1. The van der Waals surface area contributed by atoms with E-state index in [4.69, 9.17) is 14.2 Å². The molecular weight excluding hydrogens is 592 g/mol. The second kappa shape index (κ2) is 11.3. The summed E-state index contributed by atoms with van der Waals surface area (Å²) in [6.07, 6.45) is 1.86. The van der Waals surface area contributed by atoms with Crippen molar-refractivity contribution in [2.75, 3.05) is 4.90 Å². The number of esters is 1. The van der Waals surface area contributed by atoms with Gasteiger partial charge in [-0.25, -0.2) is 14.5 Å². The van der Waals surface area contributed by atoms with Crippen LogP contribution >= 0.6 is 15.9 Å². The van der Waals surface area contributed by atoms with Gasteiger partial charge in [-0.1, -0.05) is 64.5 Å². The summed E-state index contributed by atoms with van der Waals surface area (Å²) in [5, 5.41) is 2.80. The average Bonchev–Trinajstić information content (AvgIpc) is 3.10. The van der Waals surface area contributed by atoms with Gasteiger partial charge in [-0.3, -0.25) is 9.59 Å². The molecule has 0 aromatic heterocycles. The first-order chi connectivity index (χ1) is 19.1. The smallest absolute Gasteiger partial charge is 0.421 e. The number of carbonyl (C=O) groups is 4. The molecule has 0 unspecified atom stereocenters. The zero-order valence-electron chi connectivity index (χ0n) is 24.0. The van der Waals surface area contributed by atoms with Gasteiger partial charge in [0.05, 0.1) is 17.6 Å². The largest absolute Gasteiger partial charge is 0.460 e. The van der Waals surface area contributed by atoms with E-state index in [1.54, 1.807) is 71.9 Å². The number of benzene rings is 2.